The summed E-state index contributed by atoms with van der Waals surface area (Å²) < 4.78 is 56.3. The molecule has 2 aromatic carbocycles. The molecule has 0 bridgehead atoms. The molecule has 0 heterocycles. The largest absolute Gasteiger partial charge is 0.445 e. The van der Waals surface area contributed by atoms with E-state index in [9.17, 15) is 22.4 Å². The zero-order valence-corrected chi connectivity index (χ0v) is 12.9. The molecule has 0 spiro atoms. The van der Waals surface area contributed by atoms with Crippen LogP contribution in [0.3, 0.4) is 0 Å². The molecular formula is C18H13F4NO2. The molecule has 0 saturated heterocycles. The number of hydrogen-bond acceptors (Lipinski definition) is 2. The predicted octanol–water partition coefficient (Wildman–Crippen LogP) is 4.12. The standard InChI is InChI=1S/C18H13F4NO2/c19-15-9-8-14(16(11-15)18(20,21)22)7-4-10-23-17(24)25-12-13-5-2-1-3-6-13/h1-3,5-6,8-9,11H,10,12H2,(H,23,24). The Morgan fingerprint density at radius 3 is 2.52 bits per heavy atom. The molecular weight excluding hydrogens is 338 g/mol. The first-order chi connectivity index (χ1) is 11.9. The molecule has 2 aromatic rings. The van der Waals surface area contributed by atoms with E-state index in [0.717, 1.165) is 17.7 Å². The number of halogens is 4. The number of nitrogens with one attached hydrogen (secondary N) is 1. The van der Waals surface area contributed by atoms with Gasteiger partial charge >= 0.3 is 12.3 Å². The first-order valence-electron chi connectivity index (χ1n) is 7.16. The average molecular weight is 351 g/mol. The van der Waals surface area contributed by atoms with Crippen LogP contribution in [-0.4, -0.2) is 12.6 Å². The Balaban J connectivity index is 1.89. The van der Waals surface area contributed by atoms with E-state index in [1.54, 1.807) is 24.3 Å². The Kier molecular flexibility index (Phi) is 6.01. The molecule has 0 aliphatic heterocycles. The zero-order chi connectivity index (χ0) is 18.3. The quantitative estimate of drug-likeness (QED) is 0.667. The molecule has 1 N–H and O–H groups in total. The van der Waals surface area contributed by atoms with Crippen molar-refractivity contribution in [3.8, 4) is 11.8 Å². The molecule has 0 aliphatic rings. The summed E-state index contributed by atoms with van der Waals surface area (Å²) in [7, 11) is 0. The highest BCUT2D eigenvalue weighted by molar-refractivity contribution is 5.67. The van der Waals surface area contributed by atoms with Gasteiger partial charge in [-0.2, -0.15) is 13.2 Å². The van der Waals surface area contributed by atoms with Crippen LogP contribution in [0.1, 0.15) is 16.7 Å². The third-order valence-corrected chi connectivity index (χ3v) is 3.04. The highest BCUT2D eigenvalue weighted by atomic mass is 19.4. The van der Waals surface area contributed by atoms with E-state index in [-0.39, 0.29) is 18.7 Å². The molecule has 0 radical (unpaired) electrons. The van der Waals surface area contributed by atoms with Gasteiger partial charge in [0.05, 0.1) is 12.1 Å². The summed E-state index contributed by atoms with van der Waals surface area (Å²) in [5, 5.41) is 2.30. The number of alkyl halides is 3. The minimum Gasteiger partial charge on any atom is -0.445 e. The van der Waals surface area contributed by atoms with Gasteiger partial charge in [-0.05, 0) is 23.8 Å². The highest BCUT2D eigenvalue weighted by Crippen LogP contribution is 2.32. The van der Waals surface area contributed by atoms with E-state index in [2.05, 4.69) is 17.2 Å². The topological polar surface area (TPSA) is 38.3 Å². The van der Waals surface area contributed by atoms with Gasteiger partial charge in [0.25, 0.3) is 0 Å². The van der Waals surface area contributed by atoms with Crippen LogP contribution in [-0.2, 0) is 17.5 Å². The third kappa shape index (κ3) is 5.84. The molecule has 1 amide bonds. The van der Waals surface area contributed by atoms with Gasteiger partial charge in [-0.25, -0.2) is 9.18 Å². The van der Waals surface area contributed by atoms with Gasteiger partial charge in [-0.15, -0.1) is 0 Å². The lowest BCUT2D eigenvalue weighted by molar-refractivity contribution is -0.137. The molecule has 7 heteroatoms. The van der Waals surface area contributed by atoms with E-state index >= 15 is 0 Å². The number of alkyl carbamates (subject to hydrolysis) is 1. The fraction of sp³-hybridized carbons (Fsp3) is 0.167. The number of carbonyl (C=O) groups is 1. The summed E-state index contributed by atoms with van der Waals surface area (Å²) in [6.07, 6.45) is -5.46. The Morgan fingerprint density at radius 1 is 1.12 bits per heavy atom. The van der Waals surface area contributed by atoms with E-state index in [4.69, 9.17) is 4.74 Å². The first-order valence-corrected chi connectivity index (χ1v) is 7.16. The first kappa shape index (κ1) is 18.3. The Labute approximate surface area is 141 Å². The van der Waals surface area contributed by atoms with Crippen LogP contribution >= 0.6 is 0 Å². The van der Waals surface area contributed by atoms with Crippen LogP contribution in [0, 0.1) is 17.7 Å². The summed E-state index contributed by atoms with van der Waals surface area (Å²) in [4.78, 5) is 11.5. The number of ether oxygens (including phenoxy) is 1. The second-order valence-corrected chi connectivity index (χ2v) is 4.90. The Hall–Kier alpha value is -3.01. The van der Waals surface area contributed by atoms with Crippen LogP contribution in [0.2, 0.25) is 0 Å². The minimum absolute atomic E-state index is 0.0658. The molecule has 3 nitrogen and oxygen atoms in total. The number of benzene rings is 2. The second-order valence-electron chi connectivity index (χ2n) is 4.90. The lowest BCUT2D eigenvalue weighted by atomic mass is 10.1. The molecule has 0 saturated carbocycles. The molecule has 0 unspecified atom stereocenters. The van der Waals surface area contributed by atoms with Gasteiger partial charge in [0.15, 0.2) is 0 Å². The van der Waals surface area contributed by atoms with E-state index < -0.39 is 23.7 Å². The molecule has 130 valence electrons. The monoisotopic (exact) mass is 351 g/mol. The van der Waals surface area contributed by atoms with Crippen LogP contribution in [0.4, 0.5) is 22.4 Å². The van der Waals surface area contributed by atoms with E-state index in [0.29, 0.717) is 6.07 Å². The van der Waals surface area contributed by atoms with Crippen molar-refractivity contribution in [3.05, 3.63) is 71.0 Å². The van der Waals surface area contributed by atoms with Crippen molar-refractivity contribution < 1.29 is 27.1 Å². The van der Waals surface area contributed by atoms with Crippen molar-refractivity contribution in [2.45, 2.75) is 12.8 Å². The number of amides is 1. The van der Waals surface area contributed by atoms with Crippen LogP contribution < -0.4 is 5.32 Å². The molecule has 0 aliphatic carbocycles. The molecule has 0 fully saturated rings. The van der Waals surface area contributed by atoms with Crippen molar-refractivity contribution in [1.82, 2.24) is 5.32 Å². The molecule has 25 heavy (non-hydrogen) atoms. The summed E-state index contributed by atoms with van der Waals surface area (Å²) in [6, 6.07) is 11.2. The van der Waals surface area contributed by atoms with Gasteiger partial charge in [-0.3, -0.25) is 0 Å². The predicted molar refractivity (Wildman–Crippen MR) is 82.9 cm³/mol. The van der Waals surface area contributed by atoms with Gasteiger partial charge in [-0.1, -0.05) is 42.2 Å². The lowest BCUT2D eigenvalue weighted by Gasteiger charge is -2.08. The van der Waals surface area contributed by atoms with Crippen molar-refractivity contribution in [1.29, 1.82) is 0 Å². The molecule has 0 atom stereocenters. The van der Waals surface area contributed by atoms with E-state index in [1.807, 2.05) is 6.07 Å². The molecule has 2 rings (SSSR count). The Bertz CT molecular complexity index is 792. The number of hydrogen-bond donors (Lipinski definition) is 1. The van der Waals surface area contributed by atoms with Crippen molar-refractivity contribution in [3.63, 3.8) is 0 Å². The summed E-state index contributed by atoms with van der Waals surface area (Å²) >= 11 is 0. The molecule has 0 aromatic heterocycles. The van der Waals surface area contributed by atoms with Gasteiger partial charge < -0.3 is 10.1 Å². The minimum atomic E-state index is -4.71. The van der Waals surface area contributed by atoms with Crippen molar-refractivity contribution in [2.75, 3.05) is 6.54 Å². The fourth-order valence-electron chi connectivity index (χ4n) is 1.89. The zero-order valence-electron chi connectivity index (χ0n) is 12.9. The number of rotatable bonds is 3. The lowest BCUT2D eigenvalue weighted by Crippen LogP contribution is -2.24. The average Bonchev–Trinajstić information content (AvgIpc) is 2.58. The van der Waals surface area contributed by atoms with Gasteiger partial charge in [0.2, 0.25) is 0 Å². The maximum atomic E-state index is 13.0. The van der Waals surface area contributed by atoms with Gasteiger partial charge in [0, 0.05) is 5.56 Å². The van der Waals surface area contributed by atoms with Crippen LogP contribution in [0.15, 0.2) is 48.5 Å². The fourth-order valence-corrected chi connectivity index (χ4v) is 1.89. The SMILES string of the molecule is O=C(NCC#Cc1ccc(F)cc1C(F)(F)F)OCc1ccccc1. The van der Waals surface area contributed by atoms with Crippen LogP contribution in [0.5, 0.6) is 0 Å². The maximum absolute atomic E-state index is 13.0. The highest BCUT2D eigenvalue weighted by Gasteiger charge is 2.33. The van der Waals surface area contributed by atoms with Gasteiger partial charge in [0.1, 0.15) is 12.4 Å². The maximum Gasteiger partial charge on any atom is 0.417 e. The van der Waals surface area contributed by atoms with Crippen LogP contribution in [0.25, 0.3) is 0 Å². The van der Waals surface area contributed by atoms with E-state index in [1.165, 1.54) is 0 Å². The summed E-state index contributed by atoms with van der Waals surface area (Å²) in [5.41, 5.74) is -0.732. The summed E-state index contributed by atoms with van der Waals surface area (Å²) in [6.45, 7) is -0.140. The third-order valence-electron chi connectivity index (χ3n) is 3.04. The normalized spacial score (nSPS) is 10.6. The summed E-state index contributed by atoms with van der Waals surface area (Å²) in [5.74, 6) is 3.65. The Morgan fingerprint density at radius 2 is 1.84 bits per heavy atom. The van der Waals surface area contributed by atoms with Crippen molar-refractivity contribution in [2.24, 2.45) is 0 Å². The number of carbonyl (C=O) groups excluding carboxylic acids is 1. The van der Waals surface area contributed by atoms with Crippen molar-refractivity contribution >= 4 is 6.09 Å². The smallest absolute Gasteiger partial charge is 0.417 e. The second kappa shape index (κ2) is 8.20.